The average Bonchev–Trinajstić information content (AvgIpc) is 2.75. The molecule has 166 valence electrons. The third-order valence-electron chi connectivity index (χ3n) is 5.70. The summed E-state index contributed by atoms with van der Waals surface area (Å²) < 4.78 is 28.8. The summed E-state index contributed by atoms with van der Waals surface area (Å²) in [7, 11) is -1.93. The van der Waals surface area contributed by atoms with Crippen LogP contribution in [0.1, 0.15) is 32.1 Å². The van der Waals surface area contributed by atoms with Crippen LogP contribution in [-0.4, -0.2) is 72.2 Å². The summed E-state index contributed by atoms with van der Waals surface area (Å²) >= 11 is 5.79. The van der Waals surface area contributed by atoms with Crippen molar-refractivity contribution in [3.63, 3.8) is 0 Å². The lowest BCUT2D eigenvalue weighted by Gasteiger charge is -2.38. The fourth-order valence-electron chi connectivity index (χ4n) is 3.87. The van der Waals surface area contributed by atoms with Crippen molar-refractivity contribution in [2.45, 2.75) is 38.1 Å². The third-order valence-corrected chi connectivity index (χ3v) is 8.06. The summed E-state index contributed by atoms with van der Waals surface area (Å²) in [5, 5.41) is 13.6. The molecule has 0 spiro atoms. The minimum absolute atomic E-state index is 0.0149. The summed E-state index contributed by atoms with van der Waals surface area (Å²) in [6, 6.07) is 3.61. The smallest absolute Gasteiger partial charge is 0.321 e. The molecule has 12 heteroatoms. The number of carbonyl (C=O) groups excluding carboxylic acids is 1. The lowest BCUT2D eigenvalue weighted by atomic mass is 9.96. The Morgan fingerprint density at radius 2 is 1.83 bits per heavy atom. The molecule has 0 atom stereocenters. The largest absolute Gasteiger partial charge is 0.322 e. The van der Waals surface area contributed by atoms with Crippen molar-refractivity contribution in [2.75, 3.05) is 38.5 Å². The third kappa shape index (κ3) is 5.02. The zero-order valence-corrected chi connectivity index (χ0v) is 18.4. The van der Waals surface area contributed by atoms with Crippen LogP contribution in [0, 0.1) is 10.1 Å². The maximum atomic E-state index is 12.9. The SMILES string of the molecule is CN(C1CCCCC1)S(=O)(=O)N1CCN(C(=O)Nc2ccc(Cl)c([N+](=O)[O-])c2)CC1. The Morgan fingerprint density at radius 1 is 1.20 bits per heavy atom. The van der Waals surface area contributed by atoms with E-state index in [1.165, 1.54) is 31.7 Å². The minimum Gasteiger partial charge on any atom is -0.322 e. The first-order valence-corrected chi connectivity index (χ1v) is 11.7. The van der Waals surface area contributed by atoms with Crippen LogP contribution in [0.2, 0.25) is 5.02 Å². The number of carbonyl (C=O) groups is 1. The summed E-state index contributed by atoms with van der Waals surface area (Å²) in [5.41, 5.74) is -0.0423. The van der Waals surface area contributed by atoms with Gasteiger partial charge in [0.1, 0.15) is 5.02 Å². The van der Waals surface area contributed by atoms with Crippen molar-refractivity contribution in [1.29, 1.82) is 0 Å². The lowest BCUT2D eigenvalue weighted by Crippen LogP contribution is -2.55. The molecule has 1 saturated carbocycles. The van der Waals surface area contributed by atoms with Crippen LogP contribution in [0.25, 0.3) is 0 Å². The number of hydrogen-bond donors (Lipinski definition) is 1. The van der Waals surface area contributed by atoms with Gasteiger partial charge in [0.2, 0.25) is 0 Å². The number of rotatable bonds is 5. The van der Waals surface area contributed by atoms with E-state index >= 15 is 0 Å². The number of nitrogens with one attached hydrogen (secondary N) is 1. The Kier molecular flexibility index (Phi) is 7.17. The standard InChI is InChI=1S/C18H26ClN5O5S/c1-21(15-5-3-2-4-6-15)30(28,29)23-11-9-22(10-12-23)18(25)20-14-7-8-16(19)17(13-14)24(26)27/h7-8,13,15H,2-6,9-12H2,1H3,(H,20,25). The van der Waals surface area contributed by atoms with Crippen LogP contribution in [0.4, 0.5) is 16.2 Å². The quantitative estimate of drug-likeness (QED) is 0.536. The van der Waals surface area contributed by atoms with Gasteiger partial charge in [-0.3, -0.25) is 10.1 Å². The predicted octanol–water partition coefficient (Wildman–Crippen LogP) is 2.91. The number of benzene rings is 1. The second-order valence-electron chi connectivity index (χ2n) is 7.56. The van der Waals surface area contributed by atoms with Crippen molar-refractivity contribution in [1.82, 2.24) is 13.5 Å². The molecule has 1 saturated heterocycles. The van der Waals surface area contributed by atoms with Gasteiger partial charge in [-0.25, -0.2) is 4.79 Å². The molecule has 1 aromatic rings. The van der Waals surface area contributed by atoms with Gasteiger partial charge < -0.3 is 10.2 Å². The number of hydrogen-bond acceptors (Lipinski definition) is 5. The molecular weight excluding hydrogens is 434 g/mol. The number of piperazine rings is 1. The second-order valence-corrected chi connectivity index (χ2v) is 9.95. The van der Waals surface area contributed by atoms with E-state index in [4.69, 9.17) is 11.6 Å². The van der Waals surface area contributed by atoms with Crippen LogP contribution in [0.3, 0.4) is 0 Å². The topological polar surface area (TPSA) is 116 Å². The first-order chi connectivity index (χ1) is 14.2. The molecule has 1 heterocycles. The fraction of sp³-hybridized carbons (Fsp3) is 0.611. The normalized spacial score (nSPS) is 19.1. The lowest BCUT2D eigenvalue weighted by molar-refractivity contribution is -0.384. The number of nitrogens with zero attached hydrogens (tertiary/aromatic N) is 4. The highest BCUT2D eigenvalue weighted by molar-refractivity contribution is 7.86. The number of amides is 2. The Morgan fingerprint density at radius 3 is 2.43 bits per heavy atom. The molecule has 1 aliphatic heterocycles. The maximum Gasteiger partial charge on any atom is 0.321 e. The fourth-order valence-corrected chi connectivity index (χ4v) is 5.63. The zero-order chi connectivity index (χ0) is 21.9. The van der Waals surface area contributed by atoms with Crippen molar-refractivity contribution in [2.24, 2.45) is 0 Å². The molecule has 1 aromatic carbocycles. The van der Waals surface area contributed by atoms with Gasteiger partial charge in [0.05, 0.1) is 4.92 Å². The molecule has 1 aliphatic carbocycles. The summed E-state index contributed by atoms with van der Waals surface area (Å²) in [6.07, 6.45) is 4.99. The molecular formula is C18H26ClN5O5S. The molecule has 0 unspecified atom stereocenters. The van der Waals surface area contributed by atoms with Crippen molar-refractivity contribution in [3.05, 3.63) is 33.3 Å². The van der Waals surface area contributed by atoms with Gasteiger partial charge in [-0.05, 0) is 25.0 Å². The minimum atomic E-state index is -3.57. The summed E-state index contributed by atoms with van der Waals surface area (Å²) in [5.74, 6) is 0. The van der Waals surface area contributed by atoms with Crippen LogP contribution in [0.5, 0.6) is 0 Å². The molecule has 0 bridgehead atoms. The van der Waals surface area contributed by atoms with E-state index in [0.29, 0.717) is 0 Å². The molecule has 1 N–H and O–H groups in total. The molecule has 10 nitrogen and oxygen atoms in total. The van der Waals surface area contributed by atoms with Gasteiger partial charge in [0.25, 0.3) is 15.9 Å². The van der Waals surface area contributed by atoms with Gasteiger partial charge in [0, 0.05) is 51.0 Å². The Hall–Kier alpha value is -1.95. The number of nitro benzene ring substituents is 1. The number of nitro groups is 1. The van der Waals surface area contributed by atoms with E-state index in [1.807, 2.05) is 0 Å². The van der Waals surface area contributed by atoms with Gasteiger partial charge in [-0.15, -0.1) is 0 Å². The maximum absolute atomic E-state index is 12.9. The molecule has 0 aromatic heterocycles. The molecule has 2 aliphatic rings. The molecule has 2 amide bonds. The van der Waals surface area contributed by atoms with Crippen molar-refractivity contribution in [3.8, 4) is 0 Å². The van der Waals surface area contributed by atoms with Crippen LogP contribution < -0.4 is 5.32 Å². The van der Waals surface area contributed by atoms with Gasteiger partial charge in [-0.2, -0.15) is 17.0 Å². The molecule has 0 radical (unpaired) electrons. The summed E-state index contributed by atoms with van der Waals surface area (Å²) in [6.45, 7) is 0.875. The number of anilines is 1. The van der Waals surface area contributed by atoms with E-state index < -0.39 is 21.2 Å². The van der Waals surface area contributed by atoms with Crippen molar-refractivity contribution < 1.29 is 18.1 Å². The summed E-state index contributed by atoms with van der Waals surface area (Å²) in [4.78, 5) is 24.4. The Bertz CT molecular complexity index is 898. The monoisotopic (exact) mass is 459 g/mol. The van der Waals surface area contributed by atoms with Crippen LogP contribution >= 0.6 is 11.6 Å². The van der Waals surface area contributed by atoms with Crippen LogP contribution in [-0.2, 0) is 10.2 Å². The van der Waals surface area contributed by atoms with Gasteiger partial charge in [0.15, 0.2) is 0 Å². The number of urea groups is 1. The first-order valence-electron chi connectivity index (χ1n) is 9.93. The van der Waals surface area contributed by atoms with Crippen molar-refractivity contribution >= 4 is 39.2 Å². The van der Waals surface area contributed by atoms with E-state index in [9.17, 15) is 23.3 Å². The van der Waals surface area contributed by atoms with E-state index in [2.05, 4.69) is 5.32 Å². The van der Waals surface area contributed by atoms with Gasteiger partial charge >= 0.3 is 6.03 Å². The highest BCUT2D eigenvalue weighted by atomic mass is 35.5. The first kappa shape index (κ1) is 22.7. The van der Waals surface area contributed by atoms with Gasteiger partial charge in [-0.1, -0.05) is 30.9 Å². The van der Waals surface area contributed by atoms with E-state index in [1.54, 1.807) is 7.05 Å². The molecule has 30 heavy (non-hydrogen) atoms. The Balaban J connectivity index is 1.57. The van der Waals surface area contributed by atoms with E-state index in [-0.39, 0.29) is 48.6 Å². The second kappa shape index (κ2) is 9.46. The van der Waals surface area contributed by atoms with E-state index in [0.717, 1.165) is 32.1 Å². The van der Waals surface area contributed by atoms with Crippen LogP contribution in [0.15, 0.2) is 18.2 Å². The highest BCUT2D eigenvalue weighted by Crippen LogP contribution is 2.28. The predicted molar refractivity (Wildman–Crippen MR) is 114 cm³/mol. The highest BCUT2D eigenvalue weighted by Gasteiger charge is 2.35. The number of halogens is 1. The Labute approximate surface area is 181 Å². The zero-order valence-electron chi connectivity index (χ0n) is 16.8. The molecule has 3 rings (SSSR count). The molecule has 2 fully saturated rings. The average molecular weight is 460 g/mol.